The van der Waals surface area contributed by atoms with Gasteiger partial charge in [0.05, 0.1) is 0 Å². The molecule has 0 unspecified atom stereocenters. The Morgan fingerprint density at radius 2 is 0.839 bits per heavy atom. The largest absolute Gasteiger partial charge is 0.411 e. The van der Waals surface area contributed by atoms with Crippen molar-refractivity contribution in [3.05, 3.63) is 57.6 Å². The standard InChI is InChI=1S/C19H20F6O4P2/c1-9-11(3)15(30(26)27)7-5-13(9)17(18(20,21)22,19(23,24)25)14-6-8-16(31(28)29)12(4)10(14)2/h5-8,26-29H,1-4H3. The molecule has 2 rings (SSSR count). The number of hydrogen-bond acceptors (Lipinski definition) is 4. The third-order valence-electron chi connectivity index (χ3n) is 5.61. The van der Waals surface area contributed by atoms with Crippen LogP contribution in [0.15, 0.2) is 24.3 Å². The van der Waals surface area contributed by atoms with Crippen LogP contribution in [0.5, 0.6) is 0 Å². The Balaban J connectivity index is 3.10. The first-order chi connectivity index (χ1) is 14.0. The lowest BCUT2D eigenvalue weighted by molar-refractivity contribution is -0.289. The average molecular weight is 488 g/mol. The van der Waals surface area contributed by atoms with Crippen molar-refractivity contribution in [3.63, 3.8) is 0 Å². The van der Waals surface area contributed by atoms with Crippen molar-refractivity contribution < 1.29 is 45.9 Å². The summed E-state index contributed by atoms with van der Waals surface area (Å²) in [5.41, 5.74) is -7.54. The van der Waals surface area contributed by atoms with E-state index in [-0.39, 0.29) is 32.9 Å². The molecule has 2 aromatic carbocycles. The summed E-state index contributed by atoms with van der Waals surface area (Å²) in [5, 5.41) is -0.298. The normalized spacial score (nSPS) is 13.4. The maximum absolute atomic E-state index is 14.5. The second-order valence-electron chi connectivity index (χ2n) is 7.09. The number of hydrogen-bond donors (Lipinski definition) is 4. The van der Waals surface area contributed by atoms with Crippen LogP contribution in [0.4, 0.5) is 26.3 Å². The summed E-state index contributed by atoms with van der Waals surface area (Å²) in [4.78, 5) is 37.8. The summed E-state index contributed by atoms with van der Waals surface area (Å²) in [6.07, 6.45) is -11.6. The summed E-state index contributed by atoms with van der Waals surface area (Å²) in [6.45, 7) is 4.58. The van der Waals surface area contributed by atoms with Gasteiger partial charge in [-0.05, 0) is 73.2 Å². The highest BCUT2D eigenvalue weighted by Gasteiger charge is 2.73. The Kier molecular flexibility index (Phi) is 7.19. The molecule has 0 aliphatic rings. The van der Waals surface area contributed by atoms with Crippen molar-refractivity contribution in [1.29, 1.82) is 0 Å². The Bertz CT molecular complexity index is 907. The first-order valence-electron chi connectivity index (χ1n) is 8.70. The maximum Gasteiger partial charge on any atom is 0.411 e. The molecule has 0 heterocycles. The van der Waals surface area contributed by atoms with Crippen LogP contribution in [-0.4, -0.2) is 31.9 Å². The molecule has 0 atom stereocenters. The van der Waals surface area contributed by atoms with E-state index < -0.39 is 45.6 Å². The second kappa shape index (κ2) is 8.58. The molecule has 0 radical (unpaired) electrons. The van der Waals surface area contributed by atoms with Crippen LogP contribution in [0, 0.1) is 27.7 Å². The summed E-state index contributed by atoms with van der Waals surface area (Å²) in [5.74, 6) is 0. The Morgan fingerprint density at radius 1 is 0.548 bits per heavy atom. The van der Waals surface area contributed by atoms with Crippen molar-refractivity contribution in [2.45, 2.75) is 45.5 Å². The van der Waals surface area contributed by atoms with Crippen LogP contribution in [0.2, 0.25) is 0 Å². The maximum atomic E-state index is 14.5. The van der Waals surface area contributed by atoms with Gasteiger partial charge in [0.15, 0.2) is 16.8 Å². The van der Waals surface area contributed by atoms with Crippen LogP contribution >= 0.6 is 16.8 Å². The van der Waals surface area contributed by atoms with Gasteiger partial charge in [-0.15, -0.1) is 0 Å². The van der Waals surface area contributed by atoms with Crippen LogP contribution in [0.25, 0.3) is 0 Å². The lowest BCUT2D eigenvalue weighted by atomic mass is 9.69. The molecule has 0 spiro atoms. The first-order valence-corrected chi connectivity index (χ1v) is 11.2. The van der Waals surface area contributed by atoms with Gasteiger partial charge < -0.3 is 19.6 Å². The second-order valence-corrected chi connectivity index (χ2v) is 9.21. The van der Waals surface area contributed by atoms with Gasteiger partial charge in [0.2, 0.25) is 5.41 Å². The minimum Gasteiger partial charge on any atom is -0.347 e. The highest BCUT2D eigenvalue weighted by atomic mass is 31.2. The molecule has 12 heteroatoms. The van der Waals surface area contributed by atoms with E-state index >= 15 is 0 Å². The average Bonchev–Trinajstić information content (AvgIpc) is 2.59. The van der Waals surface area contributed by atoms with E-state index in [1.165, 1.54) is 13.8 Å². The van der Waals surface area contributed by atoms with Crippen LogP contribution in [0.3, 0.4) is 0 Å². The molecule has 0 saturated carbocycles. The van der Waals surface area contributed by atoms with Gasteiger partial charge in [-0.1, -0.05) is 12.1 Å². The van der Waals surface area contributed by atoms with Crippen molar-refractivity contribution in [1.82, 2.24) is 0 Å². The van der Waals surface area contributed by atoms with Gasteiger partial charge >= 0.3 is 12.4 Å². The number of halogens is 6. The highest BCUT2D eigenvalue weighted by Crippen LogP contribution is 2.58. The minimum absolute atomic E-state index is 0.0910. The summed E-state index contributed by atoms with van der Waals surface area (Å²) in [6, 6.07) is 2.95. The monoisotopic (exact) mass is 488 g/mol. The van der Waals surface area contributed by atoms with Crippen LogP contribution < -0.4 is 10.6 Å². The zero-order chi connectivity index (χ0) is 24.1. The Hall–Kier alpha value is -1.28. The van der Waals surface area contributed by atoms with Gasteiger partial charge in [0.1, 0.15) is 0 Å². The van der Waals surface area contributed by atoms with E-state index in [2.05, 4.69) is 0 Å². The van der Waals surface area contributed by atoms with Gasteiger partial charge in [-0.3, -0.25) is 0 Å². The van der Waals surface area contributed by atoms with E-state index in [0.717, 1.165) is 26.0 Å². The fourth-order valence-corrected chi connectivity index (χ4v) is 5.13. The highest BCUT2D eigenvalue weighted by molar-refractivity contribution is 7.54. The molecule has 4 N–H and O–H groups in total. The molecule has 172 valence electrons. The fraction of sp³-hybridized carbons (Fsp3) is 0.368. The van der Waals surface area contributed by atoms with Crippen LogP contribution in [-0.2, 0) is 5.41 Å². The molecular weight excluding hydrogens is 468 g/mol. The lowest BCUT2D eigenvalue weighted by Gasteiger charge is -2.41. The summed E-state index contributed by atoms with van der Waals surface area (Å²) in [7, 11) is -5.46. The van der Waals surface area contributed by atoms with E-state index in [9.17, 15) is 45.9 Å². The molecule has 2 aromatic rings. The summed E-state index contributed by atoms with van der Waals surface area (Å²) >= 11 is 0. The number of alkyl halides is 6. The van der Waals surface area contributed by atoms with Crippen molar-refractivity contribution >= 4 is 27.4 Å². The Labute approximate surface area is 177 Å². The molecule has 0 aromatic heterocycles. The summed E-state index contributed by atoms with van der Waals surface area (Å²) < 4.78 is 86.8. The van der Waals surface area contributed by atoms with Gasteiger partial charge in [0.25, 0.3) is 0 Å². The Morgan fingerprint density at radius 3 is 1.06 bits per heavy atom. The molecule has 0 bridgehead atoms. The molecule has 31 heavy (non-hydrogen) atoms. The van der Waals surface area contributed by atoms with E-state index in [0.29, 0.717) is 12.1 Å². The van der Waals surface area contributed by atoms with E-state index in [1.54, 1.807) is 0 Å². The fourth-order valence-electron chi connectivity index (χ4n) is 3.78. The predicted molar refractivity (Wildman–Crippen MR) is 107 cm³/mol. The van der Waals surface area contributed by atoms with Crippen molar-refractivity contribution in [3.8, 4) is 0 Å². The van der Waals surface area contributed by atoms with E-state index in [1.807, 2.05) is 0 Å². The molecule has 0 fully saturated rings. The van der Waals surface area contributed by atoms with Gasteiger partial charge in [0, 0.05) is 10.6 Å². The minimum atomic E-state index is -5.82. The topological polar surface area (TPSA) is 80.9 Å². The molecule has 0 amide bonds. The van der Waals surface area contributed by atoms with Crippen molar-refractivity contribution in [2.75, 3.05) is 0 Å². The third-order valence-corrected chi connectivity index (χ3v) is 7.44. The molecule has 4 nitrogen and oxygen atoms in total. The van der Waals surface area contributed by atoms with Crippen molar-refractivity contribution in [2.24, 2.45) is 0 Å². The number of rotatable bonds is 4. The third kappa shape index (κ3) is 4.10. The quantitative estimate of drug-likeness (QED) is 0.385. The van der Waals surface area contributed by atoms with Gasteiger partial charge in [-0.2, -0.15) is 26.3 Å². The van der Waals surface area contributed by atoms with E-state index in [4.69, 9.17) is 0 Å². The zero-order valence-electron chi connectivity index (χ0n) is 16.8. The predicted octanol–water partition coefficient (Wildman–Crippen LogP) is 4.17. The first kappa shape index (κ1) is 26.0. The number of benzene rings is 2. The van der Waals surface area contributed by atoms with Gasteiger partial charge in [-0.25, -0.2) is 0 Å². The SMILES string of the molecule is Cc1c(P(O)O)ccc(C(c2ccc(P(O)O)c(C)c2C)(C(F)(F)F)C(F)(F)F)c1C. The zero-order valence-corrected chi connectivity index (χ0v) is 18.5. The molecular formula is C19H20F6O4P2. The molecule has 0 saturated heterocycles. The lowest BCUT2D eigenvalue weighted by Crippen LogP contribution is -2.56. The van der Waals surface area contributed by atoms with Crippen LogP contribution in [0.1, 0.15) is 33.4 Å². The molecule has 0 aliphatic heterocycles. The molecule has 0 aliphatic carbocycles. The smallest absolute Gasteiger partial charge is 0.347 e.